The van der Waals surface area contributed by atoms with Gasteiger partial charge in [0.15, 0.2) is 0 Å². The van der Waals surface area contributed by atoms with Gasteiger partial charge in [0.05, 0.1) is 11.6 Å². The Morgan fingerprint density at radius 2 is 1.79 bits per heavy atom. The van der Waals surface area contributed by atoms with Gasteiger partial charge in [-0.1, -0.05) is 12.1 Å². The number of carbonyl (C=O) groups excluding carboxylic acids is 1. The average molecular weight is 320 g/mol. The fourth-order valence-electron chi connectivity index (χ4n) is 2.82. The highest BCUT2D eigenvalue weighted by Gasteiger charge is 2.21. The highest BCUT2D eigenvalue weighted by Crippen LogP contribution is 2.18. The van der Waals surface area contributed by atoms with E-state index in [9.17, 15) is 4.79 Å². The van der Waals surface area contributed by atoms with Crippen molar-refractivity contribution in [2.24, 2.45) is 0 Å². The number of amides is 2. The highest BCUT2D eigenvalue weighted by molar-refractivity contribution is 5.89. The van der Waals surface area contributed by atoms with Gasteiger partial charge in [-0.2, -0.15) is 5.26 Å². The van der Waals surface area contributed by atoms with Gasteiger partial charge < -0.3 is 15.1 Å². The van der Waals surface area contributed by atoms with E-state index < -0.39 is 0 Å². The summed E-state index contributed by atoms with van der Waals surface area (Å²) in [5.41, 5.74) is 3.75. The maximum Gasteiger partial charge on any atom is 0.321 e. The minimum atomic E-state index is -0.0939. The summed E-state index contributed by atoms with van der Waals surface area (Å²) in [6.07, 6.45) is 0. The molecule has 2 aromatic rings. The van der Waals surface area contributed by atoms with Crippen LogP contribution in [-0.2, 0) is 0 Å². The summed E-state index contributed by atoms with van der Waals surface area (Å²) in [4.78, 5) is 16.5. The number of piperazine rings is 1. The van der Waals surface area contributed by atoms with Crippen molar-refractivity contribution in [3.05, 3.63) is 59.7 Å². The summed E-state index contributed by atoms with van der Waals surface area (Å²) in [6, 6.07) is 17.3. The molecule has 1 aliphatic heterocycles. The van der Waals surface area contributed by atoms with Crippen molar-refractivity contribution in [3.63, 3.8) is 0 Å². The molecule has 1 aliphatic rings. The Balaban J connectivity index is 1.56. The first kappa shape index (κ1) is 15.9. The molecule has 24 heavy (non-hydrogen) atoms. The van der Waals surface area contributed by atoms with Gasteiger partial charge in [0, 0.05) is 37.6 Å². The number of hydrogen-bond acceptors (Lipinski definition) is 3. The number of nitrogens with one attached hydrogen (secondary N) is 1. The van der Waals surface area contributed by atoms with Crippen molar-refractivity contribution >= 4 is 17.4 Å². The normalized spacial score (nSPS) is 14.2. The number of rotatable bonds is 2. The fourth-order valence-corrected chi connectivity index (χ4v) is 2.82. The third-order valence-electron chi connectivity index (χ3n) is 4.20. The molecule has 2 aromatic carbocycles. The van der Waals surface area contributed by atoms with Crippen molar-refractivity contribution in [1.82, 2.24) is 4.90 Å². The minimum absolute atomic E-state index is 0.0939. The predicted octanol–water partition coefficient (Wildman–Crippen LogP) is 3.22. The van der Waals surface area contributed by atoms with E-state index >= 15 is 0 Å². The molecule has 2 amide bonds. The molecule has 0 atom stereocenters. The Kier molecular flexibility index (Phi) is 4.66. The van der Waals surface area contributed by atoms with E-state index in [0.717, 1.165) is 13.1 Å². The van der Waals surface area contributed by atoms with Gasteiger partial charge in [-0.25, -0.2) is 4.79 Å². The number of benzene rings is 2. The molecule has 5 heteroatoms. The van der Waals surface area contributed by atoms with Crippen LogP contribution in [0.4, 0.5) is 16.2 Å². The van der Waals surface area contributed by atoms with Gasteiger partial charge in [-0.05, 0) is 48.9 Å². The molecule has 3 rings (SSSR count). The summed E-state index contributed by atoms with van der Waals surface area (Å²) in [5, 5.41) is 11.7. The second-order valence-corrected chi connectivity index (χ2v) is 5.93. The van der Waals surface area contributed by atoms with Crippen LogP contribution in [0.3, 0.4) is 0 Å². The third-order valence-corrected chi connectivity index (χ3v) is 4.20. The molecule has 1 saturated heterocycles. The molecule has 5 nitrogen and oxygen atoms in total. The van der Waals surface area contributed by atoms with E-state index in [2.05, 4.69) is 47.5 Å². The molecule has 0 bridgehead atoms. The standard InChI is InChI=1S/C19H20N4O/c1-15-3-2-4-18(13-15)22-9-11-23(12-10-22)19(24)21-17-7-5-16(14-20)6-8-17/h2-8,13H,9-12H2,1H3,(H,21,24). The molecule has 0 spiro atoms. The number of aryl methyl sites for hydroxylation is 1. The van der Waals surface area contributed by atoms with Gasteiger partial charge in [-0.3, -0.25) is 0 Å². The van der Waals surface area contributed by atoms with Gasteiger partial charge >= 0.3 is 6.03 Å². The molecule has 1 fully saturated rings. The largest absolute Gasteiger partial charge is 0.368 e. The van der Waals surface area contributed by atoms with Crippen molar-refractivity contribution < 1.29 is 4.79 Å². The summed E-state index contributed by atoms with van der Waals surface area (Å²) < 4.78 is 0. The second kappa shape index (κ2) is 7.05. The molecule has 1 N–H and O–H groups in total. The van der Waals surface area contributed by atoms with Crippen molar-refractivity contribution in [3.8, 4) is 6.07 Å². The fraction of sp³-hybridized carbons (Fsp3) is 0.263. The van der Waals surface area contributed by atoms with Crippen LogP contribution < -0.4 is 10.2 Å². The molecule has 0 aromatic heterocycles. The number of carbonyl (C=O) groups is 1. The zero-order valence-electron chi connectivity index (χ0n) is 13.7. The van der Waals surface area contributed by atoms with E-state index in [-0.39, 0.29) is 6.03 Å². The van der Waals surface area contributed by atoms with Crippen molar-refractivity contribution in [2.75, 3.05) is 36.4 Å². The van der Waals surface area contributed by atoms with Crippen LogP contribution >= 0.6 is 0 Å². The maximum atomic E-state index is 12.4. The van der Waals surface area contributed by atoms with Crippen LogP contribution in [0.1, 0.15) is 11.1 Å². The lowest BCUT2D eigenvalue weighted by molar-refractivity contribution is 0.208. The molecule has 0 unspecified atom stereocenters. The lowest BCUT2D eigenvalue weighted by Gasteiger charge is -2.36. The Hall–Kier alpha value is -3.00. The predicted molar refractivity (Wildman–Crippen MR) is 95.1 cm³/mol. The van der Waals surface area contributed by atoms with Gasteiger partial charge in [-0.15, -0.1) is 0 Å². The Labute approximate surface area is 142 Å². The first-order valence-corrected chi connectivity index (χ1v) is 8.03. The van der Waals surface area contributed by atoms with Gasteiger partial charge in [0.25, 0.3) is 0 Å². The Morgan fingerprint density at radius 3 is 2.42 bits per heavy atom. The first-order chi connectivity index (χ1) is 11.7. The average Bonchev–Trinajstić information content (AvgIpc) is 2.62. The Bertz CT molecular complexity index is 756. The molecule has 122 valence electrons. The third kappa shape index (κ3) is 3.66. The quantitative estimate of drug-likeness (QED) is 0.924. The lowest BCUT2D eigenvalue weighted by Crippen LogP contribution is -2.50. The summed E-state index contributed by atoms with van der Waals surface area (Å²) in [5.74, 6) is 0. The van der Waals surface area contributed by atoms with Crippen LogP contribution in [0.5, 0.6) is 0 Å². The number of hydrogen-bond donors (Lipinski definition) is 1. The zero-order chi connectivity index (χ0) is 16.9. The summed E-state index contributed by atoms with van der Waals surface area (Å²) in [6.45, 7) is 5.12. The second-order valence-electron chi connectivity index (χ2n) is 5.93. The summed E-state index contributed by atoms with van der Waals surface area (Å²) >= 11 is 0. The van der Waals surface area contributed by atoms with Crippen LogP contribution in [0.25, 0.3) is 0 Å². The highest BCUT2D eigenvalue weighted by atomic mass is 16.2. The first-order valence-electron chi connectivity index (χ1n) is 8.03. The van der Waals surface area contributed by atoms with Gasteiger partial charge in [0.2, 0.25) is 0 Å². The van der Waals surface area contributed by atoms with Crippen LogP contribution in [0.2, 0.25) is 0 Å². The molecule has 0 radical (unpaired) electrons. The van der Waals surface area contributed by atoms with E-state index in [0.29, 0.717) is 24.3 Å². The SMILES string of the molecule is Cc1cccc(N2CCN(C(=O)Nc3ccc(C#N)cc3)CC2)c1. The zero-order valence-corrected chi connectivity index (χ0v) is 13.7. The number of nitrogens with zero attached hydrogens (tertiary/aromatic N) is 3. The number of nitriles is 1. The molecule has 1 heterocycles. The summed E-state index contributed by atoms with van der Waals surface area (Å²) in [7, 11) is 0. The molecular formula is C19H20N4O. The monoisotopic (exact) mass is 320 g/mol. The van der Waals surface area contributed by atoms with Crippen molar-refractivity contribution in [1.29, 1.82) is 5.26 Å². The molecule has 0 aliphatic carbocycles. The van der Waals surface area contributed by atoms with Crippen LogP contribution in [0.15, 0.2) is 48.5 Å². The molecular weight excluding hydrogens is 300 g/mol. The van der Waals surface area contributed by atoms with Crippen LogP contribution in [-0.4, -0.2) is 37.1 Å². The number of urea groups is 1. The van der Waals surface area contributed by atoms with Crippen molar-refractivity contribution in [2.45, 2.75) is 6.92 Å². The van der Waals surface area contributed by atoms with Gasteiger partial charge in [0.1, 0.15) is 0 Å². The van der Waals surface area contributed by atoms with E-state index in [4.69, 9.17) is 5.26 Å². The Morgan fingerprint density at radius 1 is 1.08 bits per heavy atom. The van der Waals surface area contributed by atoms with E-state index in [1.807, 2.05) is 4.90 Å². The van der Waals surface area contributed by atoms with E-state index in [1.54, 1.807) is 24.3 Å². The number of anilines is 2. The topological polar surface area (TPSA) is 59.4 Å². The minimum Gasteiger partial charge on any atom is -0.368 e. The smallest absolute Gasteiger partial charge is 0.321 e. The molecule has 0 saturated carbocycles. The maximum absolute atomic E-state index is 12.4. The van der Waals surface area contributed by atoms with Crippen LogP contribution in [0, 0.1) is 18.3 Å². The lowest BCUT2D eigenvalue weighted by atomic mass is 10.2. The van der Waals surface area contributed by atoms with E-state index in [1.165, 1.54) is 11.3 Å².